The Kier molecular flexibility index (Phi) is 5.77. The maximum absolute atomic E-state index is 13.1. The molecule has 0 saturated heterocycles. The number of amides is 1. The number of anilines is 1. The van der Waals surface area contributed by atoms with Gasteiger partial charge in [0.05, 0.1) is 0 Å². The maximum Gasteiger partial charge on any atom is 0.291 e. The summed E-state index contributed by atoms with van der Waals surface area (Å²) in [5, 5.41) is 4.80. The second kappa shape index (κ2) is 8.44. The van der Waals surface area contributed by atoms with Gasteiger partial charge in [-0.2, -0.15) is 11.8 Å². The van der Waals surface area contributed by atoms with Gasteiger partial charge in [-0.05, 0) is 44.4 Å². The highest BCUT2D eigenvalue weighted by atomic mass is 32.2. The third-order valence-corrected chi connectivity index (χ3v) is 6.95. The Labute approximate surface area is 170 Å². The number of carbonyl (C=O) groups excluding carboxylic acids is 1. The zero-order valence-corrected chi connectivity index (χ0v) is 17.4. The van der Waals surface area contributed by atoms with Crippen LogP contribution >= 0.6 is 11.8 Å². The second-order valence-corrected chi connectivity index (χ2v) is 9.04. The molecular formula is C24H27NO2S. The number of thioether (sulfide) groups is 1. The molecule has 3 aromatic rings. The van der Waals surface area contributed by atoms with Crippen LogP contribution in [-0.2, 0) is 5.75 Å². The monoisotopic (exact) mass is 393 g/mol. The number of nitrogens with one attached hydrogen (secondary N) is 1. The standard InChI is InChI=1S/C24H27NO2S/c1-16-12-13-21(17(2)14-16)25-24(26)23-20(15-28-18-8-4-3-5-9-18)19-10-6-7-11-22(19)27-23/h6-7,10-14,18H,3-5,8-9,15H2,1-2H3,(H,25,26). The molecule has 1 aliphatic carbocycles. The van der Waals surface area contributed by atoms with Crippen LogP contribution in [0.25, 0.3) is 11.0 Å². The molecule has 1 N–H and O–H groups in total. The smallest absolute Gasteiger partial charge is 0.291 e. The van der Waals surface area contributed by atoms with Crippen LogP contribution in [-0.4, -0.2) is 11.2 Å². The molecule has 28 heavy (non-hydrogen) atoms. The Hall–Kier alpha value is -2.20. The number of aryl methyl sites for hydroxylation is 2. The lowest BCUT2D eigenvalue weighted by Crippen LogP contribution is -2.14. The van der Waals surface area contributed by atoms with Crippen LogP contribution < -0.4 is 5.32 Å². The molecule has 1 amide bonds. The van der Waals surface area contributed by atoms with E-state index < -0.39 is 0 Å². The molecule has 1 saturated carbocycles. The van der Waals surface area contributed by atoms with Gasteiger partial charge in [-0.3, -0.25) is 4.79 Å². The van der Waals surface area contributed by atoms with E-state index in [-0.39, 0.29) is 5.91 Å². The Balaban J connectivity index is 1.60. The van der Waals surface area contributed by atoms with E-state index in [0.29, 0.717) is 11.0 Å². The van der Waals surface area contributed by atoms with Crippen LogP contribution in [0.5, 0.6) is 0 Å². The first-order valence-corrected chi connectivity index (χ1v) is 11.2. The SMILES string of the molecule is Cc1ccc(NC(=O)c2oc3ccccc3c2CSC2CCCCC2)c(C)c1. The fourth-order valence-electron chi connectivity index (χ4n) is 3.99. The Morgan fingerprint density at radius 1 is 1.11 bits per heavy atom. The van der Waals surface area contributed by atoms with E-state index in [1.807, 2.05) is 49.0 Å². The highest BCUT2D eigenvalue weighted by Gasteiger charge is 2.23. The second-order valence-electron chi connectivity index (χ2n) is 7.75. The Morgan fingerprint density at radius 3 is 2.68 bits per heavy atom. The molecule has 0 radical (unpaired) electrons. The molecule has 0 atom stereocenters. The van der Waals surface area contributed by atoms with Crippen molar-refractivity contribution >= 4 is 34.3 Å². The number of hydrogen-bond donors (Lipinski definition) is 1. The number of carbonyl (C=O) groups is 1. The minimum Gasteiger partial charge on any atom is -0.451 e. The zero-order chi connectivity index (χ0) is 19.5. The summed E-state index contributed by atoms with van der Waals surface area (Å²) in [6, 6.07) is 14.0. The number of fused-ring (bicyclic) bond motifs is 1. The van der Waals surface area contributed by atoms with Crippen molar-refractivity contribution in [3.63, 3.8) is 0 Å². The molecule has 1 heterocycles. The van der Waals surface area contributed by atoms with Crippen molar-refractivity contribution in [2.24, 2.45) is 0 Å². The normalized spacial score (nSPS) is 15.1. The summed E-state index contributed by atoms with van der Waals surface area (Å²) < 4.78 is 6.01. The van der Waals surface area contributed by atoms with Crippen molar-refractivity contribution in [2.75, 3.05) is 5.32 Å². The van der Waals surface area contributed by atoms with Crippen LogP contribution in [0.3, 0.4) is 0 Å². The molecule has 1 aromatic heterocycles. The highest BCUT2D eigenvalue weighted by Crippen LogP contribution is 2.35. The summed E-state index contributed by atoms with van der Waals surface area (Å²) in [4.78, 5) is 13.1. The molecule has 0 aliphatic heterocycles. The van der Waals surface area contributed by atoms with E-state index in [1.165, 1.54) is 37.7 Å². The molecule has 1 aliphatic rings. The Bertz CT molecular complexity index is 985. The summed E-state index contributed by atoms with van der Waals surface area (Å²) >= 11 is 1.97. The summed E-state index contributed by atoms with van der Waals surface area (Å²) in [6.07, 6.45) is 6.57. The van der Waals surface area contributed by atoms with Gasteiger partial charge in [-0.1, -0.05) is 55.2 Å². The lowest BCUT2D eigenvalue weighted by molar-refractivity contribution is 0.0997. The van der Waals surface area contributed by atoms with E-state index in [0.717, 1.165) is 33.5 Å². The average Bonchev–Trinajstić information content (AvgIpc) is 3.08. The predicted molar refractivity (Wildman–Crippen MR) is 118 cm³/mol. The van der Waals surface area contributed by atoms with E-state index in [9.17, 15) is 4.79 Å². The number of benzene rings is 2. The molecule has 4 heteroatoms. The van der Waals surface area contributed by atoms with Crippen molar-refractivity contribution in [1.29, 1.82) is 0 Å². The van der Waals surface area contributed by atoms with E-state index in [2.05, 4.69) is 24.4 Å². The number of hydrogen-bond acceptors (Lipinski definition) is 3. The first kappa shape index (κ1) is 19.1. The van der Waals surface area contributed by atoms with Crippen LogP contribution in [0.15, 0.2) is 46.9 Å². The van der Waals surface area contributed by atoms with Crippen molar-refractivity contribution in [1.82, 2.24) is 0 Å². The minimum absolute atomic E-state index is 0.164. The lowest BCUT2D eigenvalue weighted by Gasteiger charge is -2.20. The maximum atomic E-state index is 13.1. The fraction of sp³-hybridized carbons (Fsp3) is 0.375. The number of rotatable bonds is 5. The van der Waals surface area contributed by atoms with Gasteiger partial charge in [0.15, 0.2) is 5.76 Å². The molecule has 3 nitrogen and oxygen atoms in total. The first-order chi connectivity index (χ1) is 13.6. The minimum atomic E-state index is -0.164. The zero-order valence-electron chi connectivity index (χ0n) is 16.6. The lowest BCUT2D eigenvalue weighted by atomic mass is 10.0. The van der Waals surface area contributed by atoms with Crippen molar-refractivity contribution in [3.8, 4) is 0 Å². The molecule has 1 fully saturated rings. The van der Waals surface area contributed by atoms with Gasteiger partial charge in [0.1, 0.15) is 5.58 Å². The van der Waals surface area contributed by atoms with Crippen LogP contribution in [0.1, 0.15) is 59.3 Å². The predicted octanol–water partition coefficient (Wildman–Crippen LogP) is 6.87. The highest BCUT2D eigenvalue weighted by molar-refractivity contribution is 7.99. The molecule has 0 spiro atoms. The fourth-order valence-corrected chi connectivity index (χ4v) is 5.35. The molecule has 2 aromatic carbocycles. The summed E-state index contributed by atoms with van der Waals surface area (Å²) in [7, 11) is 0. The van der Waals surface area contributed by atoms with Gasteiger partial charge in [-0.25, -0.2) is 0 Å². The van der Waals surface area contributed by atoms with Gasteiger partial charge in [0.25, 0.3) is 5.91 Å². The van der Waals surface area contributed by atoms with Crippen LogP contribution in [0.2, 0.25) is 0 Å². The van der Waals surface area contributed by atoms with Gasteiger partial charge in [-0.15, -0.1) is 0 Å². The molecule has 146 valence electrons. The number of para-hydroxylation sites is 1. The summed E-state index contributed by atoms with van der Waals surface area (Å²) in [5.74, 6) is 1.10. The summed E-state index contributed by atoms with van der Waals surface area (Å²) in [5.41, 5.74) is 4.88. The topological polar surface area (TPSA) is 42.2 Å². The third-order valence-electron chi connectivity index (χ3n) is 5.55. The number of furan rings is 1. The third kappa shape index (κ3) is 4.12. The summed E-state index contributed by atoms with van der Waals surface area (Å²) in [6.45, 7) is 4.07. The van der Waals surface area contributed by atoms with Crippen molar-refractivity contribution < 1.29 is 9.21 Å². The van der Waals surface area contributed by atoms with E-state index in [4.69, 9.17) is 4.42 Å². The average molecular weight is 394 g/mol. The van der Waals surface area contributed by atoms with E-state index >= 15 is 0 Å². The van der Waals surface area contributed by atoms with Gasteiger partial charge in [0.2, 0.25) is 0 Å². The molecular weight excluding hydrogens is 366 g/mol. The Morgan fingerprint density at radius 2 is 1.89 bits per heavy atom. The van der Waals surface area contributed by atoms with Crippen molar-refractivity contribution in [2.45, 2.75) is 57.0 Å². The quantitative estimate of drug-likeness (QED) is 0.514. The molecule has 4 rings (SSSR count). The largest absolute Gasteiger partial charge is 0.451 e. The van der Waals surface area contributed by atoms with Gasteiger partial charge < -0.3 is 9.73 Å². The molecule has 0 unspecified atom stereocenters. The van der Waals surface area contributed by atoms with Gasteiger partial charge >= 0.3 is 0 Å². The van der Waals surface area contributed by atoms with Crippen molar-refractivity contribution in [3.05, 3.63) is 64.9 Å². The molecule has 0 bridgehead atoms. The van der Waals surface area contributed by atoms with Crippen LogP contribution in [0.4, 0.5) is 5.69 Å². The van der Waals surface area contributed by atoms with Gasteiger partial charge in [0, 0.05) is 27.6 Å². The van der Waals surface area contributed by atoms with Crippen LogP contribution in [0, 0.1) is 13.8 Å². The van der Waals surface area contributed by atoms with E-state index in [1.54, 1.807) is 0 Å². The first-order valence-electron chi connectivity index (χ1n) is 10.1.